The first kappa shape index (κ1) is 10.6. The van der Waals surface area contributed by atoms with Crippen LogP contribution in [0.1, 0.15) is 0 Å². The normalized spacial score (nSPS) is 10.1. The van der Waals surface area contributed by atoms with Gasteiger partial charge in [-0.2, -0.15) is 5.10 Å². The second-order valence-corrected chi connectivity index (χ2v) is 3.37. The van der Waals surface area contributed by atoms with E-state index in [2.05, 4.69) is 15.5 Å². The van der Waals surface area contributed by atoms with Crippen molar-refractivity contribution in [1.82, 2.24) is 10.2 Å². The second-order valence-electron chi connectivity index (χ2n) is 3.37. The molecule has 0 saturated carbocycles. The third-order valence-corrected chi connectivity index (χ3v) is 2.24. The number of nitrogens with two attached hydrogens (primary N) is 1. The Bertz CT molecular complexity index is 442. The molecule has 0 amide bonds. The number of rotatable bonds is 4. The lowest BCUT2D eigenvalue weighted by atomic mass is 10.1. The molecule has 16 heavy (non-hydrogen) atoms. The van der Waals surface area contributed by atoms with Crippen molar-refractivity contribution in [3.05, 3.63) is 42.6 Å². The molecule has 1 heterocycles. The first-order valence-corrected chi connectivity index (χ1v) is 5.23. The number of nitrogens with zero attached hydrogens (tertiary/aromatic N) is 2. The minimum absolute atomic E-state index is 0.574. The summed E-state index contributed by atoms with van der Waals surface area (Å²) in [6.07, 6.45) is 1.69. The predicted octanol–water partition coefficient (Wildman–Crippen LogP) is 1.51. The molecule has 82 valence electrons. The third kappa shape index (κ3) is 2.35. The van der Waals surface area contributed by atoms with E-state index in [-0.39, 0.29) is 0 Å². The summed E-state index contributed by atoms with van der Waals surface area (Å²) in [5.41, 5.74) is 7.62. The Balaban J connectivity index is 2.33. The average Bonchev–Trinajstić information content (AvgIpc) is 2.38. The maximum absolute atomic E-state index is 5.45. The van der Waals surface area contributed by atoms with Crippen LogP contribution >= 0.6 is 0 Å². The molecule has 3 N–H and O–H groups in total. The molecule has 0 spiro atoms. The lowest BCUT2D eigenvalue weighted by Gasteiger charge is -2.08. The summed E-state index contributed by atoms with van der Waals surface area (Å²) >= 11 is 0. The fourth-order valence-electron chi connectivity index (χ4n) is 1.50. The smallest absolute Gasteiger partial charge is 0.156 e. The Morgan fingerprint density at radius 3 is 2.69 bits per heavy atom. The quantitative estimate of drug-likeness (QED) is 0.809. The lowest BCUT2D eigenvalue weighted by Crippen LogP contribution is -2.14. The number of benzene rings is 1. The van der Waals surface area contributed by atoms with Crippen LogP contribution < -0.4 is 11.1 Å². The molecule has 0 fully saturated rings. The first-order chi connectivity index (χ1) is 7.92. The zero-order chi connectivity index (χ0) is 11.2. The van der Waals surface area contributed by atoms with Crippen molar-refractivity contribution in [2.24, 2.45) is 5.73 Å². The molecule has 1 aromatic heterocycles. The zero-order valence-electron chi connectivity index (χ0n) is 8.93. The van der Waals surface area contributed by atoms with E-state index in [0.29, 0.717) is 13.1 Å². The van der Waals surface area contributed by atoms with Crippen molar-refractivity contribution in [3.8, 4) is 11.1 Å². The fourth-order valence-corrected chi connectivity index (χ4v) is 1.50. The monoisotopic (exact) mass is 214 g/mol. The molecule has 0 aliphatic heterocycles. The molecular weight excluding hydrogens is 200 g/mol. The summed E-state index contributed by atoms with van der Waals surface area (Å²) in [6, 6.07) is 12.0. The van der Waals surface area contributed by atoms with Gasteiger partial charge in [0.15, 0.2) is 5.82 Å². The van der Waals surface area contributed by atoms with Crippen molar-refractivity contribution >= 4 is 5.82 Å². The van der Waals surface area contributed by atoms with E-state index in [1.807, 2.05) is 36.4 Å². The highest BCUT2D eigenvalue weighted by atomic mass is 15.2. The number of aromatic nitrogens is 2. The lowest BCUT2D eigenvalue weighted by molar-refractivity contribution is 0.972. The topological polar surface area (TPSA) is 63.8 Å². The number of hydrogen-bond donors (Lipinski definition) is 2. The molecule has 2 rings (SSSR count). The molecule has 0 aliphatic rings. The van der Waals surface area contributed by atoms with E-state index in [0.717, 1.165) is 16.9 Å². The maximum atomic E-state index is 5.45. The summed E-state index contributed by atoms with van der Waals surface area (Å²) in [5, 5.41) is 11.1. The van der Waals surface area contributed by atoms with Crippen molar-refractivity contribution in [3.63, 3.8) is 0 Å². The molecule has 4 nitrogen and oxygen atoms in total. The number of nitrogens with one attached hydrogen (secondary N) is 1. The summed E-state index contributed by atoms with van der Waals surface area (Å²) in [7, 11) is 0. The Morgan fingerprint density at radius 2 is 1.94 bits per heavy atom. The van der Waals surface area contributed by atoms with Gasteiger partial charge in [0, 0.05) is 18.7 Å². The van der Waals surface area contributed by atoms with Crippen LogP contribution in [0.5, 0.6) is 0 Å². The van der Waals surface area contributed by atoms with E-state index in [1.165, 1.54) is 0 Å². The Morgan fingerprint density at radius 1 is 1.12 bits per heavy atom. The SMILES string of the molecule is NCCNc1nnccc1-c1ccccc1. The number of hydrogen-bond acceptors (Lipinski definition) is 4. The van der Waals surface area contributed by atoms with Gasteiger partial charge in [-0.15, -0.1) is 5.10 Å². The minimum Gasteiger partial charge on any atom is -0.367 e. The Labute approximate surface area is 94.5 Å². The van der Waals surface area contributed by atoms with E-state index in [1.54, 1.807) is 6.20 Å². The number of anilines is 1. The molecule has 0 saturated heterocycles. The van der Waals surface area contributed by atoms with Crippen molar-refractivity contribution in [1.29, 1.82) is 0 Å². The molecule has 4 heteroatoms. The van der Waals surface area contributed by atoms with Gasteiger partial charge < -0.3 is 11.1 Å². The van der Waals surface area contributed by atoms with Crippen LogP contribution in [0.25, 0.3) is 11.1 Å². The van der Waals surface area contributed by atoms with Crippen molar-refractivity contribution in [2.75, 3.05) is 18.4 Å². The van der Waals surface area contributed by atoms with Crippen LogP contribution in [0.3, 0.4) is 0 Å². The van der Waals surface area contributed by atoms with Gasteiger partial charge in [0.2, 0.25) is 0 Å². The predicted molar refractivity (Wildman–Crippen MR) is 65.0 cm³/mol. The Kier molecular flexibility index (Phi) is 3.46. The van der Waals surface area contributed by atoms with Crippen LogP contribution in [-0.4, -0.2) is 23.3 Å². The van der Waals surface area contributed by atoms with Crippen LogP contribution in [0, 0.1) is 0 Å². The highest BCUT2D eigenvalue weighted by Crippen LogP contribution is 2.24. The van der Waals surface area contributed by atoms with Crippen LogP contribution in [0.15, 0.2) is 42.6 Å². The van der Waals surface area contributed by atoms with E-state index in [4.69, 9.17) is 5.73 Å². The maximum Gasteiger partial charge on any atom is 0.156 e. The summed E-state index contributed by atoms with van der Waals surface area (Å²) in [5.74, 6) is 0.777. The highest BCUT2D eigenvalue weighted by Gasteiger charge is 2.04. The van der Waals surface area contributed by atoms with E-state index >= 15 is 0 Å². The summed E-state index contributed by atoms with van der Waals surface area (Å²) in [6.45, 7) is 1.27. The van der Waals surface area contributed by atoms with E-state index < -0.39 is 0 Å². The molecule has 0 radical (unpaired) electrons. The molecule has 0 atom stereocenters. The zero-order valence-corrected chi connectivity index (χ0v) is 8.93. The van der Waals surface area contributed by atoms with Crippen LogP contribution in [0.2, 0.25) is 0 Å². The molecule has 0 bridgehead atoms. The molecule has 0 unspecified atom stereocenters. The second kappa shape index (κ2) is 5.23. The van der Waals surface area contributed by atoms with E-state index in [9.17, 15) is 0 Å². The van der Waals surface area contributed by atoms with Gasteiger partial charge in [0.05, 0.1) is 6.20 Å². The Hall–Kier alpha value is -1.94. The third-order valence-electron chi connectivity index (χ3n) is 2.24. The first-order valence-electron chi connectivity index (χ1n) is 5.23. The van der Waals surface area contributed by atoms with Gasteiger partial charge in [0.1, 0.15) is 0 Å². The van der Waals surface area contributed by atoms with Gasteiger partial charge in [-0.05, 0) is 11.6 Å². The molecule has 0 aliphatic carbocycles. The molecule has 2 aromatic rings. The van der Waals surface area contributed by atoms with Crippen molar-refractivity contribution in [2.45, 2.75) is 0 Å². The summed E-state index contributed by atoms with van der Waals surface area (Å²) in [4.78, 5) is 0. The molecule has 1 aromatic carbocycles. The highest BCUT2D eigenvalue weighted by molar-refractivity contribution is 5.74. The standard InChI is InChI=1S/C12H14N4/c13-7-9-14-12-11(6-8-15-16-12)10-4-2-1-3-5-10/h1-6,8H,7,9,13H2,(H,14,16). The fraction of sp³-hybridized carbons (Fsp3) is 0.167. The van der Waals surface area contributed by atoms with Crippen molar-refractivity contribution < 1.29 is 0 Å². The van der Waals surface area contributed by atoms with Crippen LogP contribution in [-0.2, 0) is 0 Å². The van der Waals surface area contributed by atoms with Gasteiger partial charge in [-0.3, -0.25) is 0 Å². The minimum atomic E-state index is 0.574. The van der Waals surface area contributed by atoms with Gasteiger partial charge in [-0.1, -0.05) is 30.3 Å². The van der Waals surface area contributed by atoms with Gasteiger partial charge in [-0.25, -0.2) is 0 Å². The van der Waals surface area contributed by atoms with Gasteiger partial charge in [0.25, 0.3) is 0 Å². The summed E-state index contributed by atoms with van der Waals surface area (Å²) < 4.78 is 0. The van der Waals surface area contributed by atoms with Crippen LogP contribution in [0.4, 0.5) is 5.82 Å². The van der Waals surface area contributed by atoms with Gasteiger partial charge >= 0.3 is 0 Å². The largest absolute Gasteiger partial charge is 0.367 e. The average molecular weight is 214 g/mol. The molecular formula is C12H14N4.